The fourth-order valence-electron chi connectivity index (χ4n) is 3.70. The van der Waals surface area contributed by atoms with Crippen LogP contribution in [0.25, 0.3) is 0 Å². The van der Waals surface area contributed by atoms with E-state index in [4.69, 9.17) is 9.47 Å². The van der Waals surface area contributed by atoms with E-state index < -0.39 is 0 Å². The van der Waals surface area contributed by atoms with Gasteiger partial charge >= 0.3 is 0 Å². The van der Waals surface area contributed by atoms with E-state index in [0.717, 1.165) is 19.4 Å². The van der Waals surface area contributed by atoms with Gasteiger partial charge in [0, 0.05) is 37.9 Å². The number of benzene rings is 2. The molecule has 0 aromatic heterocycles. The van der Waals surface area contributed by atoms with Gasteiger partial charge in [-0.2, -0.15) is 0 Å². The third-order valence-electron chi connectivity index (χ3n) is 5.24. The van der Waals surface area contributed by atoms with Gasteiger partial charge in [0.25, 0.3) is 5.91 Å². The summed E-state index contributed by atoms with van der Waals surface area (Å²) >= 11 is 0. The van der Waals surface area contributed by atoms with Gasteiger partial charge in [0.05, 0.1) is 19.3 Å². The molecule has 0 bridgehead atoms. The quantitative estimate of drug-likeness (QED) is 0.600. The SMILES string of the molecule is COCCOCCCC(=O)Nc1ccc(C(=O)N2CCCC2c2ccccc2)cc1. The van der Waals surface area contributed by atoms with Gasteiger partial charge in [-0.3, -0.25) is 9.59 Å². The van der Waals surface area contributed by atoms with Gasteiger partial charge in [-0.05, 0) is 49.1 Å². The second kappa shape index (κ2) is 11.5. The number of carbonyl (C=O) groups is 2. The predicted octanol–water partition coefficient (Wildman–Crippen LogP) is 4.05. The maximum Gasteiger partial charge on any atom is 0.254 e. The van der Waals surface area contributed by atoms with Crippen LogP contribution in [0.15, 0.2) is 54.6 Å². The Morgan fingerprint density at radius 2 is 1.80 bits per heavy atom. The van der Waals surface area contributed by atoms with Gasteiger partial charge in [0.15, 0.2) is 0 Å². The second-order valence-electron chi connectivity index (χ2n) is 7.40. The molecular formula is C24H30N2O4. The van der Waals surface area contributed by atoms with Crippen molar-refractivity contribution in [2.45, 2.75) is 31.7 Å². The van der Waals surface area contributed by atoms with Crippen molar-refractivity contribution >= 4 is 17.5 Å². The summed E-state index contributed by atoms with van der Waals surface area (Å²) in [5.41, 5.74) is 2.51. The summed E-state index contributed by atoms with van der Waals surface area (Å²) in [6.45, 7) is 2.39. The second-order valence-corrected chi connectivity index (χ2v) is 7.40. The average Bonchev–Trinajstić information content (AvgIpc) is 3.27. The first-order valence-corrected chi connectivity index (χ1v) is 10.5. The number of methoxy groups -OCH3 is 1. The summed E-state index contributed by atoms with van der Waals surface area (Å²) in [5.74, 6) is -0.0273. The lowest BCUT2D eigenvalue weighted by molar-refractivity contribution is -0.116. The van der Waals surface area contributed by atoms with Crippen LogP contribution in [0.2, 0.25) is 0 Å². The number of likely N-dealkylation sites (tertiary alicyclic amines) is 1. The molecule has 6 heteroatoms. The van der Waals surface area contributed by atoms with E-state index in [1.54, 1.807) is 31.4 Å². The molecule has 1 aliphatic rings. The summed E-state index contributed by atoms with van der Waals surface area (Å²) in [6, 6.07) is 17.4. The van der Waals surface area contributed by atoms with Gasteiger partial charge in [-0.15, -0.1) is 0 Å². The van der Waals surface area contributed by atoms with Crippen molar-refractivity contribution in [2.75, 3.05) is 38.8 Å². The summed E-state index contributed by atoms with van der Waals surface area (Å²) in [5, 5.41) is 2.87. The van der Waals surface area contributed by atoms with E-state index >= 15 is 0 Å². The molecule has 6 nitrogen and oxygen atoms in total. The number of nitrogens with zero attached hydrogens (tertiary/aromatic N) is 1. The molecular weight excluding hydrogens is 380 g/mol. The first-order valence-electron chi connectivity index (χ1n) is 10.5. The van der Waals surface area contributed by atoms with E-state index in [1.807, 2.05) is 23.1 Å². The van der Waals surface area contributed by atoms with Gasteiger partial charge in [0.1, 0.15) is 0 Å². The maximum atomic E-state index is 13.0. The highest BCUT2D eigenvalue weighted by Crippen LogP contribution is 2.33. The van der Waals surface area contributed by atoms with Crippen molar-refractivity contribution in [1.82, 2.24) is 4.90 Å². The van der Waals surface area contributed by atoms with E-state index in [2.05, 4.69) is 17.4 Å². The highest BCUT2D eigenvalue weighted by molar-refractivity contribution is 5.96. The number of rotatable bonds is 10. The highest BCUT2D eigenvalue weighted by atomic mass is 16.5. The first kappa shape index (κ1) is 22.0. The number of hydrogen-bond donors (Lipinski definition) is 1. The molecule has 0 spiro atoms. The monoisotopic (exact) mass is 410 g/mol. The van der Waals surface area contributed by atoms with Gasteiger partial charge in [-0.25, -0.2) is 0 Å². The van der Waals surface area contributed by atoms with E-state index in [0.29, 0.717) is 43.9 Å². The summed E-state index contributed by atoms with van der Waals surface area (Å²) in [6.07, 6.45) is 3.04. The fraction of sp³-hybridized carbons (Fsp3) is 0.417. The lowest BCUT2D eigenvalue weighted by atomic mass is 10.0. The van der Waals surface area contributed by atoms with Crippen LogP contribution in [0.1, 0.15) is 47.6 Å². The predicted molar refractivity (Wildman–Crippen MR) is 116 cm³/mol. The normalized spacial score (nSPS) is 15.9. The molecule has 3 rings (SSSR count). The van der Waals surface area contributed by atoms with Crippen molar-refractivity contribution in [3.63, 3.8) is 0 Å². The summed E-state index contributed by atoms with van der Waals surface area (Å²) in [4.78, 5) is 27.0. The molecule has 2 amide bonds. The lowest BCUT2D eigenvalue weighted by Gasteiger charge is -2.25. The molecule has 0 radical (unpaired) electrons. The van der Waals surface area contributed by atoms with Crippen molar-refractivity contribution in [3.05, 3.63) is 65.7 Å². The minimum Gasteiger partial charge on any atom is -0.382 e. The van der Waals surface area contributed by atoms with Crippen LogP contribution in [0, 0.1) is 0 Å². The van der Waals surface area contributed by atoms with Crippen LogP contribution in [-0.2, 0) is 14.3 Å². The molecule has 1 atom stereocenters. The van der Waals surface area contributed by atoms with Crippen molar-refractivity contribution < 1.29 is 19.1 Å². The molecule has 2 aromatic rings. The Morgan fingerprint density at radius 3 is 2.53 bits per heavy atom. The molecule has 1 aliphatic heterocycles. The van der Waals surface area contributed by atoms with Crippen LogP contribution in [0.5, 0.6) is 0 Å². The number of amides is 2. The third kappa shape index (κ3) is 6.15. The number of hydrogen-bond acceptors (Lipinski definition) is 4. The largest absolute Gasteiger partial charge is 0.382 e. The molecule has 1 unspecified atom stereocenters. The Morgan fingerprint density at radius 1 is 1.03 bits per heavy atom. The minimum atomic E-state index is -0.0619. The lowest BCUT2D eigenvalue weighted by Crippen LogP contribution is -2.30. The van der Waals surface area contributed by atoms with E-state index in [-0.39, 0.29) is 17.9 Å². The molecule has 1 heterocycles. The van der Waals surface area contributed by atoms with E-state index in [9.17, 15) is 9.59 Å². The van der Waals surface area contributed by atoms with E-state index in [1.165, 1.54) is 5.56 Å². The molecule has 160 valence electrons. The summed E-state index contributed by atoms with van der Waals surface area (Å²) < 4.78 is 10.3. The molecule has 30 heavy (non-hydrogen) atoms. The number of nitrogens with one attached hydrogen (secondary N) is 1. The number of ether oxygens (including phenoxy) is 2. The van der Waals surface area contributed by atoms with Crippen molar-refractivity contribution in [3.8, 4) is 0 Å². The van der Waals surface area contributed by atoms with Crippen LogP contribution in [-0.4, -0.2) is 50.2 Å². The van der Waals surface area contributed by atoms with Crippen molar-refractivity contribution in [2.24, 2.45) is 0 Å². The topological polar surface area (TPSA) is 67.9 Å². The highest BCUT2D eigenvalue weighted by Gasteiger charge is 2.30. The Bertz CT molecular complexity index is 808. The molecule has 0 aliphatic carbocycles. The summed E-state index contributed by atoms with van der Waals surface area (Å²) in [7, 11) is 1.63. The molecule has 1 saturated heterocycles. The minimum absolute atomic E-state index is 0.0347. The average molecular weight is 411 g/mol. The maximum absolute atomic E-state index is 13.0. The van der Waals surface area contributed by atoms with Gasteiger partial charge in [0.2, 0.25) is 5.91 Å². The first-order chi connectivity index (χ1) is 14.7. The van der Waals surface area contributed by atoms with Crippen LogP contribution in [0.3, 0.4) is 0 Å². The Hall–Kier alpha value is -2.70. The Labute approximate surface area is 178 Å². The molecule has 1 N–H and O–H groups in total. The number of carbonyl (C=O) groups excluding carboxylic acids is 2. The molecule has 1 fully saturated rings. The van der Waals surface area contributed by atoms with Gasteiger partial charge in [-0.1, -0.05) is 30.3 Å². The molecule has 2 aromatic carbocycles. The Kier molecular flexibility index (Phi) is 8.41. The standard InChI is InChI=1S/C24H30N2O4/c1-29-17-18-30-16-6-10-23(27)25-21-13-11-20(12-14-21)24(28)26-15-5-9-22(26)19-7-3-2-4-8-19/h2-4,7-8,11-14,22H,5-6,9-10,15-18H2,1H3,(H,25,27). The van der Waals surface area contributed by atoms with Crippen LogP contribution < -0.4 is 5.32 Å². The molecule has 0 saturated carbocycles. The zero-order valence-electron chi connectivity index (χ0n) is 17.5. The van der Waals surface area contributed by atoms with Crippen molar-refractivity contribution in [1.29, 1.82) is 0 Å². The van der Waals surface area contributed by atoms with Crippen LogP contribution in [0.4, 0.5) is 5.69 Å². The zero-order chi connectivity index (χ0) is 21.2. The fourth-order valence-corrected chi connectivity index (χ4v) is 3.70. The third-order valence-corrected chi connectivity index (χ3v) is 5.24. The smallest absolute Gasteiger partial charge is 0.254 e. The Balaban J connectivity index is 1.50. The zero-order valence-corrected chi connectivity index (χ0v) is 17.5. The number of anilines is 1. The van der Waals surface area contributed by atoms with Crippen LogP contribution >= 0.6 is 0 Å². The van der Waals surface area contributed by atoms with Gasteiger partial charge < -0.3 is 19.7 Å².